The Hall–Kier alpha value is -0.540. The predicted molar refractivity (Wildman–Crippen MR) is 55.9 cm³/mol. The van der Waals surface area contributed by atoms with E-state index in [2.05, 4.69) is 4.98 Å². The van der Waals surface area contributed by atoms with Crippen LogP contribution in [-0.4, -0.2) is 22.5 Å². The molecule has 72 valence electrons. The number of aromatic nitrogens is 1. The van der Waals surface area contributed by atoms with Crippen LogP contribution in [0.15, 0.2) is 23.2 Å². The molecule has 0 fully saturated rings. The summed E-state index contributed by atoms with van der Waals surface area (Å²) in [5.41, 5.74) is 1.04. The SMILES string of the molecule is Cc1cccc(SCC(C)CO)n1. The lowest BCUT2D eigenvalue weighted by molar-refractivity contribution is 0.250. The molecule has 1 heterocycles. The van der Waals surface area contributed by atoms with E-state index in [1.54, 1.807) is 11.8 Å². The topological polar surface area (TPSA) is 33.1 Å². The van der Waals surface area contributed by atoms with E-state index in [1.807, 2.05) is 32.0 Å². The molecule has 1 atom stereocenters. The molecule has 1 N–H and O–H groups in total. The summed E-state index contributed by atoms with van der Waals surface area (Å²) in [7, 11) is 0. The van der Waals surface area contributed by atoms with Crippen molar-refractivity contribution in [3.8, 4) is 0 Å². The van der Waals surface area contributed by atoms with Crippen molar-refractivity contribution in [3.05, 3.63) is 23.9 Å². The monoisotopic (exact) mass is 197 g/mol. The standard InChI is InChI=1S/C10H15NOS/c1-8(6-12)7-13-10-5-3-4-9(2)11-10/h3-5,8,12H,6-7H2,1-2H3. The highest BCUT2D eigenvalue weighted by molar-refractivity contribution is 7.99. The fourth-order valence-corrected chi connectivity index (χ4v) is 1.82. The molecule has 1 aromatic heterocycles. The first-order valence-electron chi connectivity index (χ1n) is 4.39. The molecule has 1 unspecified atom stereocenters. The fraction of sp³-hybridized carbons (Fsp3) is 0.500. The number of aliphatic hydroxyl groups is 1. The van der Waals surface area contributed by atoms with Crippen molar-refractivity contribution in [1.29, 1.82) is 0 Å². The molecule has 0 saturated heterocycles. The molecule has 0 aliphatic rings. The van der Waals surface area contributed by atoms with Gasteiger partial charge in [-0.3, -0.25) is 0 Å². The Labute approximate surface area is 83.4 Å². The summed E-state index contributed by atoms with van der Waals surface area (Å²) >= 11 is 1.70. The highest BCUT2D eigenvalue weighted by Gasteiger charge is 2.01. The normalized spacial score (nSPS) is 12.8. The van der Waals surface area contributed by atoms with Gasteiger partial charge in [0.1, 0.15) is 0 Å². The first-order chi connectivity index (χ1) is 6.22. The Morgan fingerprint density at radius 2 is 2.31 bits per heavy atom. The van der Waals surface area contributed by atoms with Crippen molar-refractivity contribution in [1.82, 2.24) is 4.98 Å². The summed E-state index contributed by atoms with van der Waals surface area (Å²) in [5, 5.41) is 9.88. The smallest absolute Gasteiger partial charge is 0.0963 e. The van der Waals surface area contributed by atoms with Crippen molar-refractivity contribution >= 4 is 11.8 Å². The molecular formula is C10H15NOS. The largest absolute Gasteiger partial charge is 0.396 e. The van der Waals surface area contributed by atoms with Crippen LogP contribution in [0.4, 0.5) is 0 Å². The van der Waals surface area contributed by atoms with Gasteiger partial charge >= 0.3 is 0 Å². The molecule has 0 bridgehead atoms. The molecule has 1 aromatic rings. The molecule has 2 nitrogen and oxygen atoms in total. The van der Waals surface area contributed by atoms with E-state index in [9.17, 15) is 0 Å². The summed E-state index contributed by atoms with van der Waals surface area (Å²) in [5.74, 6) is 1.26. The zero-order valence-corrected chi connectivity index (χ0v) is 8.84. The lowest BCUT2D eigenvalue weighted by atomic mass is 10.2. The van der Waals surface area contributed by atoms with Crippen LogP contribution in [0, 0.1) is 12.8 Å². The van der Waals surface area contributed by atoms with Crippen LogP contribution < -0.4 is 0 Å². The summed E-state index contributed by atoms with van der Waals surface area (Å²) in [6.07, 6.45) is 0. The van der Waals surface area contributed by atoms with Gasteiger partial charge in [-0.05, 0) is 25.0 Å². The number of thioether (sulfide) groups is 1. The molecule has 0 aliphatic heterocycles. The molecule has 0 spiro atoms. The van der Waals surface area contributed by atoms with Gasteiger partial charge < -0.3 is 5.11 Å². The number of pyridine rings is 1. The number of aliphatic hydroxyl groups excluding tert-OH is 1. The molecule has 0 amide bonds. The number of aryl methyl sites for hydroxylation is 1. The van der Waals surface area contributed by atoms with Crippen LogP contribution in [-0.2, 0) is 0 Å². The average Bonchev–Trinajstić information content (AvgIpc) is 2.14. The van der Waals surface area contributed by atoms with Gasteiger partial charge in [0.25, 0.3) is 0 Å². The van der Waals surface area contributed by atoms with Crippen LogP contribution in [0.25, 0.3) is 0 Å². The summed E-state index contributed by atoms with van der Waals surface area (Å²) in [4.78, 5) is 4.36. The number of hydrogen-bond acceptors (Lipinski definition) is 3. The Morgan fingerprint density at radius 1 is 1.54 bits per heavy atom. The molecule has 1 rings (SSSR count). The highest BCUT2D eigenvalue weighted by Crippen LogP contribution is 2.18. The van der Waals surface area contributed by atoms with E-state index in [-0.39, 0.29) is 6.61 Å². The quantitative estimate of drug-likeness (QED) is 0.750. The lowest BCUT2D eigenvalue weighted by Crippen LogP contribution is -2.03. The van der Waals surface area contributed by atoms with E-state index < -0.39 is 0 Å². The second kappa shape index (κ2) is 5.25. The lowest BCUT2D eigenvalue weighted by Gasteiger charge is -2.06. The Bertz CT molecular complexity index is 265. The molecule has 0 aliphatic carbocycles. The first kappa shape index (κ1) is 10.5. The summed E-state index contributed by atoms with van der Waals surface area (Å²) < 4.78 is 0. The van der Waals surface area contributed by atoms with Crippen LogP contribution >= 0.6 is 11.8 Å². The highest BCUT2D eigenvalue weighted by atomic mass is 32.2. The maximum absolute atomic E-state index is 8.83. The predicted octanol–water partition coefficient (Wildman–Crippen LogP) is 2.11. The van der Waals surface area contributed by atoms with Crippen molar-refractivity contribution < 1.29 is 5.11 Å². The van der Waals surface area contributed by atoms with Gasteiger partial charge in [0, 0.05) is 18.1 Å². The van der Waals surface area contributed by atoms with Crippen molar-refractivity contribution in [2.45, 2.75) is 18.9 Å². The van der Waals surface area contributed by atoms with Crippen LogP contribution in [0.2, 0.25) is 0 Å². The third-order valence-electron chi connectivity index (χ3n) is 1.69. The van der Waals surface area contributed by atoms with E-state index in [4.69, 9.17) is 5.11 Å². The molecule has 3 heteroatoms. The Kier molecular flexibility index (Phi) is 4.25. The minimum Gasteiger partial charge on any atom is -0.396 e. The maximum Gasteiger partial charge on any atom is 0.0963 e. The minimum atomic E-state index is 0.249. The molecule has 13 heavy (non-hydrogen) atoms. The molecule has 0 aromatic carbocycles. The second-order valence-electron chi connectivity index (χ2n) is 3.22. The summed E-state index contributed by atoms with van der Waals surface area (Å²) in [6.45, 7) is 4.27. The van der Waals surface area contributed by atoms with E-state index in [0.29, 0.717) is 5.92 Å². The minimum absolute atomic E-state index is 0.249. The van der Waals surface area contributed by atoms with E-state index >= 15 is 0 Å². The number of hydrogen-bond donors (Lipinski definition) is 1. The van der Waals surface area contributed by atoms with Crippen molar-refractivity contribution in [2.24, 2.45) is 5.92 Å². The summed E-state index contributed by atoms with van der Waals surface area (Å²) in [6, 6.07) is 6.00. The average molecular weight is 197 g/mol. The van der Waals surface area contributed by atoms with Crippen molar-refractivity contribution in [2.75, 3.05) is 12.4 Å². The van der Waals surface area contributed by atoms with Crippen molar-refractivity contribution in [3.63, 3.8) is 0 Å². The van der Waals surface area contributed by atoms with Gasteiger partial charge in [0.15, 0.2) is 0 Å². The van der Waals surface area contributed by atoms with Crippen LogP contribution in [0.5, 0.6) is 0 Å². The van der Waals surface area contributed by atoms with Gasteiger partial charge in [-0.25, -0.2) is 4.98 Å². The van der Waals surface area contributed by atoms with Gasteiger partial charge in [0.2, 0.25) is 0 Å². The molecule has 0 radical (unpaired) electrons. The van der Waals surface area contributed by atoms with Crippen LogP contribution in [0.1, 0.15) is 12.6 Å². The van der Waals surface area contributed by atoms with Gasteiger partial charge in [0.05, 0.1) is 5.03 Å². The van der Waals surface area contributed by atoms with E-state index in [0.717, 1.165) is 16.5 Å². The fourth-order valence-electron chi connectivity index (χ4n) is 0.879. The number of nitrogens with zero attached hydrogens (tertiary/aromatic N) is 1. The third kappa shape index (κ3) is 3.79. The van der Waals surface area contributed by atoms with Gasteiger partial charge in [-0.2, -0.15) is 0 Å². The van der Waals surface area contributed by atoms with Gasteiger partial charge in [-0.15, -0.1) is 11.8 Å². The molecular weight excluding hydrogens is 182 g/mol. The van der Waals surface area contributed by atoms with Gasteiger partial charge in [-0.1, -0.05) is 13.0 Å². The Balaban J connectivity index is 2.45. The van der Waals surface area contributed by atoms with Crippen LogP contribution in [0.3, 0.4) is 0 Å². The second-order valence-corrected chi connectivity index (χ2v) is 4.26. The molecule has 0 saturated carbocycles. The number of rotatable bonds is 4. The Morgan fingerprint density at radius 3 is 2.92 bits per heavy atom. The first-order valence-corrected chi connectivity index (χ1v) is 5.38. The van der Waals surface area contributed by atoms with E-state index in [1.165, 1.54) is 0 Å². The zero-order valence-electron chi connectivity index (χ0n) is 8.03. The zero-order chi connectivity index (χ0) is 9.68. The third-order valence-corrected chi connectivity index (χ3v) is 2.95. The maximum atomic E-state index is 8.83.